The van der Waals surface area contributed by atoms with E-state index in [4.69, 9.17) is 0 Å². The molecule has 0 amide bonds. The number of H-pyrrole nitrogens is 1. The summed E-state index contributed by atoms with van der Waals surface area (Å²) in [5.41, 5.74) is 4.21. The van der Waals surface area contributed by atoms with E-state index in [1.165, 1.54) is 47.8 Å². The Bertz CT molecular complexity index is 790. The number of rotatable bonds is 3. The molecule has 0 unspecified atom stereocenters. The van der Waals surface area contributed by atoms with Gasteiger partial charge in [0.25, 0.3) is 0 Å². The number of piperidine rings is 1. The molecule has 2 atom stereocenters. The van der Waals surface area contributed by atoms with Crippen LogP contribution in [0.3, 0.4) is 0 Å². The molecule has 1 N–H and O–H groups in total. The summed E-state index contributed by atoms with van der Waals surface area (Å²) in [7, 11) is 2.44. The van der Waals surface area contributed by atoms with Crippen LogP contribution in [-0.4, -0.2) is 23.1 Å². The van der Waals surface area contributed by atoms with E-state index < -0.39 is 0 Å². The lowest BCUT2D eigenvalue weighted by atomic mass is 9.91. The van der Waals surface area contributed by atoms with Gasteiger partial charge in [-0.05, 0) is 18.9 Å². The largest absolute Gasteiger partial charge is 0.361 e. The van der Waals surface area contributed by atoms with Gasteiger partial charge in [0, 0.05) is 34.6 Å². The highest BCUT2D eigenvalue weighted by Gasteiger charge is 2.37. The SMILES string of the molecule is C[N@@+]1(Cc2ccccc2)CCCC[C@H]1c1c[nH]c2ccccc12. The fourth-order valence-corrected chi connectivity index (χ4v) is 4.33. The van der Waals surface area contributed by atoms with E-state index in [1.807, 2.05) is 0 Å². The summed E-state index contributed by atoms with van der Waals surface area (Å²) in [5, 5.41) is 1.40. The Morgan fingerprint density at radius 2 is 1.78 bits per heavy atom. The molecule has 1 aliphatic heterocycles. The number of para-hydroxylation sites is 1. The summed E-state index contributed by atoms with van der Waals surface area (Å²) in [5.74, 6) is 0. The van der Waals surface area contributed by atoms with Crippen LogP contribution in [0.15, 0.2) is 60.8 Å². The highest BCUT2D eigenvalue weighted by molar-refractivity contribution is 5.83. The number of nitrogens with zero attached hydrogens (tertiary/aromatic N) is 1. The van der Waals surface area contributed by atoms with Crippen LogP contribution >= 0.6 is 0 Å². The Morgan fingerprint density at radius 1 is 1.00 bits per heavy atom. The number of fused-ring (bicyclic) bond motifs is 1. The van der Waals surface area contributed by atoms with Gasteiger partial charge in [-0.1, -0.05) is 48.5 Å². The molecule has 2 heterocycles. The predicted molar refractivity (Wildman–Crippen MR) is 96.1 cm³/mol. The quantitative estimate of drug-likeness (QED) is 0.653. The number of aromatic nitrogens is 1. The van der Waals surface area contributed by atoms with Crippen molar-refractivity contribution in [2.45, 2.75) is 31.8 Å². The minimum absolute atomic E-state index is 0.583. The van der Waals surface area contributed by atoms with Gasteiger partial charge in [0.15, 0.2) is 0 Å². The molecule has 1 saturated heterocycles. The first-order chi connectivity index (χ1) is 11.3. The van der Waals surface area contributed by atoms with Crippen molar-refractivity contribution in [2.24, 2.45) is 0 Å². The van der Waals surface area contributed by atoms with Crippen LogP contribution in [-0.2, 0) is 6.54 Å². The fraction of sp³-hybridized carbons (Fsp3) is 0.333. The van der Waals surface area contributed by atoms with Crippen LogP contribution in [0.5, 0.6) is 0 Å². The van der Waals surface area contributed by atoms with Gasteiger partial charge in [0.1, 0.15) is 12.6 Å². The number of quaternary nitrogens is 1. The van der Waals surface area contributed by atoms with Crippen molar-refractivity contribution < 1.29 is 4.48 Å². The van der Waals surface area contributed by atoms with Gasteiger partial charge in [0.2, 0.25) is 0 Å². The zero-order chi connectivity index (χ0) is 15.7. The third-order valence-electron chi connectivity index (χ3n) is 5.52. The molecule has 2 heteroatoms. The summed E-state index contributed by atoms with van der Waals surface area (Å²) >= 11 is 0. The maximum atomic E-state index is 3.48. The number of likely N-dealkylation sites (tertiary alicyclic amines) is 1. The minimum atomic E-state index is 0.583. The smallest absolute Gasteiger partial charge is 0.117 e. The van der Waals surface area contributed by atoms with Crippen LogP contribution in [0.1, 0.15) is 36.4 Å². The first-order valence-electron chi connectivity index (χ1n) is 8.70. The van der Waals surface area contributed by atoms with Crippen molar-refractivity contribution >= 4 is 10.9 Å². The Balaban J connectivity index is 1.73. The van der Waals surface area contributed by atoms with Gasteiger partial charge >= 0.3 is 0 Å². The van der Waals surface area contributed by atoms with Crippen LogP contribution in [0.4, 0.5) is 0 Å². The average molecular weight is 305 g/mol. The Hall–Kier alpha value is -2.06. The predicted octanol–water partition coefficient (Wildman–Crippen LogP) is 5.04. The highest BCUT2D eigenvalue weighted by atomic mass is 15.4. The van der Waals surface area contributed by atoms with Gasteiger partial charge in [-0.2, -0.15) is 0 Å². The van der Waals surface area contributed by atoms with Crippen molar-refractivity contribution in [3.63, 3.8) is 0 Å². The zero-order valence-electron chi connectivity index (χ0n) is 13.8. The van der Waals surface area contributed by atoms with Crippen molar-refractivity contribution in [1.82, 2.24) is 4.98 Å². The van der Waals surface area contributed by atoms with Gasteiger partial charge < -0.3 is 9.47 Å². The molecular formula is C21H25N2+. The zero-order valence-corrected chi connectivity index (χ0v) is 13.8. The number of nitrogens with one attached hydrogen (secondary N) is 1. The topological polar surface area (TPSA) is 15.8 Å². The molecule has 2 nitrogen and oxygen atoms in total. The standard InChI is InChI=1S/C21H25N2/c1-23(16-17-9-3-2-4-10-17)14-8-7-13-21(23)19-15-22-20-12-6-5-11-18(19)20/h2-6,9-12,15,21-22H,7-8,13-14,16H2,1H3/q+1/t21-,23-/m0/s1. The summed E-state index contributed by atoms with van der Waals surface area (Å²) in [6.07, 6.45) is 6.21. The second-order valence-corrected chi connectivity index (χ2v) is 7.15. The molecule has 1 aromatic heterocycles. The van der Waals surface area contributed by atoms with E-state index in [2.05, 4.69) is 72.8 Å². The maximum Gasteiger partial charge on any atom is 0.117 e. The summed E-state index contributed by atoms with van der Waals surface area (Å²) in [6, 6.07) is 20.3. The number of hydrogen-bond acceptors (Lipinski definition) is 0. The molecule has 23 heavy (non-hydrogen) atoms. The van der Waals surface area contributed by atoms with Crippen molar-refractivity contribution in [3.8, 4) is 0 Å². The molecule has 0 radical (unpaired) electrons. The maximum absolute atomic E-state index is 3.48. The number of benzene rings is 2. The van der Waals surface area contributed by atoms with Crippen LogP contribution in [0, 0.1) is 0 Å². The third kappa shape index (κ3) is 2.68. The van der Waals surface area contributed by atoms with E-state index in [9.17, 15) is 0 Å². The molecule has 1 fully saturated rings. The van der Waals surface area contributed by atoms with Crippen molar-refractivity contribution in [2.75, 3.05) is 13.6 Å². The van der Waals surface area contributed by atoms with E-state index in [0.29, 0.717) is 6.04 Å². The Morgan fingerprint density at radius 3 is 2.65 bits per heavy atom. The molecular weight excluding hydrogens is 280 g/mol. The minimum Gasteiger partial charge on any atom is -0.361 e. The Kier molecular flexibility index (Phi) is 3.70. The lowest BCUT2D eigenvalue weighted by molar-refractivity contribution is -0.956. The average Bonchev–Trinajstić information content (AvgIpc) is 3.00. The molecule has 118 valence electrons. The van der Waals surface area contributed by atoms with Crippen LogP contribution in [0.25, 0.3) is 10.9 Å². The number of hydrogen-bond donors (Lipinski definition) is 1. The molecule has 1 aliphatic rings. The first-order valence-corrected chi connectivity index (χ1v) is 8.70. The number of aromatic amines is 1. The van der Waals surface area contributed by atoms with E-state index in [-0.39, 0.29) is 0 Å². The molecule has 3 aromatic rings. The second kappa shape index (κ2) is 5.86. The first kappa shape index (κ1) is 14.5. The summed E-state index contributed by atoms with van der Waals surface area (Å²) < 4.78 is 1.12. The van der Waals surface area contributed by atoms with Crippen LogP contribution < -0.4 is 0 Å². The normalized spacial score (nSPS) is 24.8. The molecule has 0 saturated carbocycles. The molecule has 0 bridgehead atoms. The lowest BCUT2D eigenvalue weighted by Crippen LogP contribution is -2.49. The Labute approximate surface area is 138 Å². The third-order valence-corrected chi connectivity index (χ3v) is 5.52. The molecule has 0 spiro atoms. The molecule has 4 rings (SSSR count). The van der Waals surface area contributed by atoms with Crippen molar-refractivity contribution in [1.29, 1.82) is 0 Å². The van der Waals surface area contributed by atoms with E-state index >= 15 is 0 Å². The highest BCUT2D eigenvalue weighted by Crippen LogP contribution is 2.40. The molecule has 2 aromatic carbocycles. The van der Waals surface area contributed by atoms with Gasteiger partial charge in [-0.25, -0.2) is 0 Å². The summed E-state index contributed by atoms with van der Waals surface area (Å²) in [4.78, 5) is 3.48. The van der Waals surface area contributed by atoms with Crippen LogP contribution in [0.2, 0.25) is 0 Å². The van der Waals surface area contributed by atoms with E-state index in [0.717, 1.165) is 11.0 Å². The fourth-order valence-electron chi connectivity index (χ4n) is 4.33. The monoisotopic (exact) mass is 305 g/mol. The van der Waals surface area contributed by atoms with E-state index in [1.54, 1.807) is 0 Å². The van der Waals surface area contributed by atoms with Gasteiger partial charge in [-0.15, -0.1) is 0 Å². The van der Waals surface area contributed by atoms with Crippen molar-refractivity contribution in [3.05, 3.63) is 71.9 Å². The second-order valence-electron chi connectivity index (χ2n) is 7.15. The lowest BCUT2D eigenvalue weighted by Gasteiger charge is -2.45. The van der Waals surface area contributed by atoms with Gasteiger partial charge in [-0.3, -0.25) is 0 Å². The summed E-state index contributed by atoms with van der Waals surface area (Å²) in [6.45, 7) is 2.38. The molecule has 0 aliphatic carbocycles. The van der Waals surface area contributed by atoms with Gasteiger partial charge in [0.05, 0.1) is 13.6 Å².